The van der Waals surface area contributed by atoms with E-state index >= 15 is 0 Å². The lowest BCUT2D eigenvalue weighted by Crippen LogP contribution is -2.43. The van der Waals surface area contributed by atoms with Crippen LogP contribution >= 0.6 is 0 Å². The van der Waals surface area contributed by atoms with Gasteiger partial charge in [-0.25, -0.2) is 9.48 Å². The number of hydrogen-bond acceptors (Lipinski definition) is 4. The van der Waals surface area contributed by atoms with E-state index in [2.05, 4.69) is 15.3 Å². The quantitative estimate of drug-likeness (QED) is 0.827. The zero-order valence-electron chi connectivity index (χ0n) is 15.5. The smallest absolute Gasteiger partial charge is 0.321 e. The van der Waals surface area contributed by atoms with Crippen molar-refractivity contribution in [3.63, 3.8) is 0 Å². The third-order valence-electron chi connectivity index (χ3n) is 4.44. The predicted octanol–water partition coefficient (Wildman–Crippen LogP) is 2.45. The highest BCUT2D eigenvalue weighted by atomic mass is 16.5. The molecule has 1 aliphatic rings. The van der Waals surface area contributed by atoms with Crippen LogP contribution in [0, 0.1) is 0 Å². The normalized spacial score (nSPS) is 16.8. The molecular weight excluding hydrogens is 330 g/mol. The molecule has 1 saturated heterocycles. The maximum atomic E-state index is 12.7. The van der Waals surface area contributed by atoms with Gasteiger partial charge in [-0.1, -0.05) is 0 Å². The number of likely N-dealkylation sites (N-methyl/N-ethyl adjacent to an activating group) is 1. The van der Waals surface area contributed by atoms with Crippen LogP contribution in [0.2, 0.25) is 0 Å². The van der Waals surface area contributed by atoms with Gasteiger partial charge in [-0.15, -0.1) is 0 Å². The average Bonchev–Trinajstić information content (AvgIpc) is 3.33. The van der Waals surface area contributed by atoms with Crippen molar-refractivity contribution in [2.24, 2.45) is 0 Å². The monoisotopic (exact) mass is 357 g/mol. The molecule has 140 valence electrons. The Kier molecular flexibility index (Phi) is 6.25. The van der Waals surface area contributed by atoms with Crippen LogP contribution in [-0.4, -0.2) is 72.1 Å². The summed E-state index contributed by atoms with van der Waals surface area (Å²) in [6, 6.07) is 9.45. The number of urea groups is 1. The largest absolute Gasteiger partial charge is 0.376 e. The van der Waals surface area contributed by atoms with Crippen molar-refractivity contribution in [1.82, 2.24) is 19.6 Å². The lowest BCUT2D eigenvalue weighted by Gasteiger charge is -2.27. The molecule has 1 atom stereocenters. The summed E-state index contributed by atoms with van der Waals surface area (Å²) in [5.41, 5.74) is 1.73. The molecule has 1 fully saturated rings. The summed E-state index contributed by atoms with van der Waals surface area (Å²) in [7, 11) is 4.02. The maximum Gasteiger partial charge on any atom is 0.321 e. The molecule has 0 radical (unpaired) electrons. The minimum absolute atomic E-state index is 0.0887. The number of nitrogens with one attached hydrogen (secondary N) is 1. The van der Waals surface area contributed by atoms with E-state index in [9.17, 15) is 4.79 Å². The molecule has 1 aromatic heterocycles. The van der Waals surface area contributed by atoms with Gasteiger partial charge in [-0.05, 0) is 57.3 Å². The summed E-state index contributed by atoms with van der Waals surface area (Å²) in [5, 5.41) is 7.20. The zero-order chi connectivity index (χ0) is 18.4. The fraction of sp³-hybridized carbons (Fsp3) is 0.474. The Labute approximate surface area is 154 Å². The number of hydrogen-bond donors (Lipinski definition) is 1. The summed E-state index contributed by atoms with van der Waals surface area (Å²) in [6.07, 6.45) is 5.86. The maximum absolute atomic E-state index is 12.7. The number of benzene rings is 1. The minimum Gasteiger partial charge on any atom is -0.376 e. The third-order valence-corrected chi connectivity index (χ3v) is 4.44. The molecule has 3 rings (SSSR count). The number of ether oxygens (including phenoxy) is 1. The number of rotatable bonds is 7. The first-order chi connectivity index (χ1) is 12.6. The highest BCUT2D eigenvalue weighted by Gasteiger charge is 2.22. The highest BCUT2D eigenvalue weighted by molar-refractivity contribution is 5.89. The second-order valence-electron chi connectivity index (χ2n) is 6.81. The van der Waals surface area contributed by atoms with Gasteiger partial charge in [-0.3, -0.25) is 0 Å². The van der Waals surface area contributed by atoms with E-state index < -0.39 is 0 Å². The van der Waals surface area contributed by atoms with Gasteiger partial charge in [0.25, 0.3) is 0 Å². The molecule has 2 heterocycles. The van der Waals surface area contributed by atoms with Crippen LogP contribution in [0.1, 0.15) is 12.8 Å². The molecule has 2 aromatic rings. The fourth-order valence-electron chi connectivity index (χ4n) is 2.95. The molecule has 26 heavy (non-hydrogen) atoms. The molecule has 0 aliphatic carbocycles. The number of carbonyl (C=O) groups is 1. The number of carbonyl (C=O) groups excluding carboxylic acids is 1. The van der Waals surface area contributed by atoms with Crippen molar-refractivity contribution < 1.29 is 9.53 Å². The molecule has 0 saturated carbocycles. The molecule has 2 amide bonds. The molecular formula is C19H27N5O2. The van der Waals surface area contributed by atoms with Crippen molar-refractivity contribution >= 4 is 11.7 Å². The lowest BCUT2D eigenvalue weighted by molar-refractivity contribution is 0.0820. The van der Waals surface area contributed by atoms with Crippen molar-refractivity contribution in [3.8, 4) is 5.69 Å². The molecule has 1 N–H and O–H groups in total. The second kappa shape index (κ2) is 8.82. The van der Waals surface area contributed by atoms with Gasteiger partial charge in [0.1, 0.15) is 0 Å². The third kappa shape index (κ3) is 5.06. The molecule has 1 aromatic carbocycles. The van der Waals surface area contributed by atoms with Crippen LogP contribution < -0.4 is 5.32 Å². The van der Waals surface area contributed by atoms with Crippen LogP contribution in [0.4, 0.5) is 10.5 Å². The van der Waals surface area contributed by atoms with Crippen molar-refractivity contribution in [2.75, 3.05) is 45.7 Å². The SMILES string of the molecule is CN(C)CCN(C[C@@H]1CCCO1)C(=O)Nc1ccc(-n2cccn2)cc1. The topological polar surface area (TPSA) is 62.6 Å². The Hall–Kier alpha value is -2.38. The Morgan fingerprint density at radius 1 is 1.31 bits per heavy atom. The van der Waals surface area contributed by atoms with E-state index in [4.69, 9.17) is 4.74 Å². The number of aromatic nitrogens is 2. The molecule has 1 aliphatic heterocycles. The second-order valence-corrected chi connectivity index (χ2v) is 6.81. The Morgan fingerprint density at radius 2 is 2.12 bits per heavy atom. The molecule has 7 nitrogen and oxygen atoms in total. The zero-order valence-corrected chi connectivity index (χ0v) is 15.5. The van der Waals surface area contributed by atoms with Crippen molar-refractivity contribution in [2.45, 2.75) is 18.9 Å². The fourth-order valence-corrected chi connectivity index (χ4v) is 2.95. The summed E-state index contributed by atoms with van der Waals surface area (Å²) in [6.45, 7) is 2.91. The van der Waals surface area contributed by atoms with Gasteiger partial charge in [0.2, 0.25) is 0 Å². The molecule has 0 bridgehead atoms. The van der Waals surface area contributed by atoms with Gasteiger partial charge < -0.3 is 19.9 Å². The lowest BCUT2D eigenvalue weighted by atomic mass is 10.2. The first kappa shape index (κ1) is 18.4. The molecule has 7 heteroatoms. The standard InChI is InChI=1S/C19H27N5O2/c1-22(2)12-13-23(15-18-5-3-14-26-18)19(25)21-16-6-8-17(9-7-16)24-11-4-10-20-24/h4,6-11,18H,3,5,12-15H2,1-2H3,(H,21,25)/t18-/m0/s1. The average molecular weight is 357 g/mol. The van der Waals surface area contributed by atoms with Crippen LogP contribution in [0.5, 0.6) is 0 Å². The Bertz CT molecular complexity index is 678. The van der Waals surface area contributed by atoms with Gasteiger partial charge in [0.15, 0.2) is 0 Å². The van der Waals surface area contributed by atoms with Crippen LogP contribution in [0.15, 0.2) is 42.7 Å². The molecule has 0 unspecified atom stereocenters. The van der Waals surface area contributed by atoms with Crippen LogP contribution in [0.25, 0.3) is 5.69 Å². The first-order valence-electron chi connectivity index (χ1n) is 9.04. The van der Waals surface area contributed by atoms with Gasteiger partial charge >= 0.3 is 6.03 Å². The summed E-state index contributed by atoms with van der Waals surface area (Å²) in [5.74, 6) is 0. The summed E-state index contributed by atoms with van der Waals surface area (Å²) < 4.78 is 7.49. The van der Waals surface area contributed by atoms with Crippen molar-refractivity contribution in [3.05, 3.63) is 42.7 Å². The summed E-state index contributed by atoms with van der Waals surface area (Å²) in [4.78, 5) is 16.7. The predicted molar refractivity (Wildman–Crippen MR) is 102 cm³/mol. The van der Waals surface area contributed by atoms with E-state index in [0.29, 0.717) is 13.1 Å². The van der Waals surface area contributed by atoms with Gasteiger partial charge in [0.05, 0.1) is 11.8 Å². The van der Waals surface area contributed by atoms with Crippen LogP contribution in [0.3, 0.4) is 0 Å². The van der Waals surface area contributed by atoms with E-state index in [1.807, 2.05) is 55.5 Å². The Morgan fingerprint density at radius 3 is 2.73 bits per heavy atom. The Balaban J connectivity index is 1.61. The molecule has 0 spiro atoms. The number of nitrogens with zero attached hydrogens (tertiary/aromatic N) is 4. The van der Waals surface area contributed by atoms with E-state index in [0.717, 1.165) is 37.4 Å². The van der Waals surface area contributed by atoms with E-state index in [1.54, 1.807) is 10.9 Å². The minimum atomic E-state index is -0.0887. The van der Waals surface area contributed by atoms with Crippen LogP contribution in [-0.2, 0) is 4.74 Å². The van der Waals surface area contributed by atoms with Gasteiger partial charge in [0, 0.05) is 44.3 Å². The van der Waals surface area contributed by atoms with E-state index in [-0.39, 0.29) is 12.1 Å². The number of amides is 2. The summed E-state index contributed by atoms with van der Waals surface area (Å²) >= 11 is 0. The van der Waals surface area contributed by atoms with E-state index in [1.165, 1.54) is 0 Å². The highest BCUT2D eigenvalue weighted by Crippen LogP contribution is 2.16. The number of anilines is 1. The van der Waals surface area contributed by atoms with Crippen molar-refractivity contribution in [1.29, 1.82) is 0 Å². The van der Waals surface area contributed by atoms with Gasteiger partial charge in [-0.2, -0.15) is 5.10 Å². The first-order valence-corrected chi connectivity index (χ1v) is 9.04.